The van der Waals surface area contributed by atoms with E-state index < -0.39 is 10.0 Å². The van der Waals surface area contributed by atoms with Gasteiger partial charge in [0.15, 0.2) is 0 Å². The normalized spacial score (nSPS) is 24.8. The highest BCUT2D eigenvalue weighted by molar-refractivity contribution is 9.09. The Kier molecular flexibility index (Phi) is 4.38. The van der Waals surface area contributed by atoms with E-state index >= 15 is 0 Å². The van der Waals surface area contributed by atoms with Crippen molar-refractivity contribution >= 4 is 26.0 Å². The number of hydrogen-bond donors (Lipinski definition) is 0. The van der Waals surface area contributed by atoms with Gasteiger partial charge in [0.05, 0.1) is 4.90 Å². The predicted octanol–water partition coefficient (Wildman–Crippen LogP) is 3.10. The molecule has 106 valence electrons. The van der Waals surface area contributed by atoms with Crippen molar-refractivity contribution in [3.05, 3.63) is 29.3 Å². The molecular weight excluding hydrogens is 326 g/mol. The molecule has 1 aliphatic rings. The summed E-state index contributed by atoms with van der Waals surface area (Å²) in [5, 5.41) is 0.693. The van der Waals surface area contributed by atoms with E-state index in [0.717, 1.165) is 17.5 Å². The number of aryl methyl sites for hydroxylation is 2. The largest absolute Gasteiger partial charge is 0.243 e. The van der Waals surface area contributed by atoms with Crippen molar-refractivity contribution in [2.75, 3.05) is 11.9 Å². The van der Waals surface area contributed by atoms with Crippen molar-refractivity contribution < 1.29 is 8.42 Å². The second-order valence-electron chi connectivity index (χ2n) is 5.35. The highest BCUT2D eigenvalue weighted by Gasteiger charge is 2.38. The van der Waals surface area contributed by atoms with Gasteiger partial charge >= 0.3 is 0 Å². The smallest absolute Gasteiger partial charge is 0.207 e. The molecule has 1 aliphatic heterocycles. The van der Waals surface area contributed by atoms with Crippen LogP contribution in [0.4, 0.5) is 0 Å². The number of sulfonamides is 1. The highest BCUT2D eigenvalue weighted by atomic mass is 79.9. The minimum atomic E-state index is -3.37. The minimum absolute atomic E-state index is 0.0617. The number of nitrogens with zero attached hydrogens (tertiary/aromatic N) is 1. The first-order chi connectivity index (χ1) is 8.87. The van der Waals surface area contributed by atoms with Crippen LogP contribution in [0.25, 0.3) is 0 Å². The van der Waals surface area contributed by atoms with Gasteiger partial charge in [0.1, 0.15) is 0 Å². The lowest BCUT2D eigenvalue weighted by molar-refractivity contribution is 0.378. The van der Waals surface area contributed by atoms with Crippen molar-refractivity contribution in [2.24, 2.45) is 5.92 Å². The molecule has 1 heterocycles. The summed E-state index contributed by atoms with van der Waals surface area (Å²) in [7, 11) is -3.37. The van der Waals surface area contributed by atoms with Gasteiger partial charge in [0, 0.05) is 17.9 Å². The summed E-state index contributed by atoms with van der Waals surface area (Å²) in [4.78, 5) is 0.413. The molecule has 0 spiro atoms. The van der Waals surface area contributed by atoms with E-state index in [1.165, 1.54) is 0 Å². The number of hydrogen-bond acceptors (Lipinski definition) is 2. The molecule has 0 aliphatic carbocycles. The van der Waals surface area contributed by atoms with Crippen LogP contribution in [-0.4, -0.2) is 30.6 Å². The zero-order valence-corrected chi connectivity index (χ0v) is 14.0. The first-order valence-corrected chi connectivity index (χ1v) is 9.09. The van der Waals surface area contributed by atoms with E-state index in [4.69, 9.17) is 0 Å². The molecule has 2 atom stereocenters. The van der Waals surface area contributed by atoms with E-state index in [0.29, 0.717) is 22.7 Å². The Morgan fingerprint density at radius 2 is 2.00 bits per heavy atom. The summed E-state index contributed by atoms with van der Waals surface area (Å²) < 4.78 is 27.1. The molecular formula is C14H20BrNO2S. The fourth-order valence-corrected chi connectivity index (χ4v) is 5.51. The van der Waals surface area contributed by atoms with Gasteiger partial charge in [0.25, 0.3) is 0 Å². The number of alkyl halides is 1. The Balaban J connectivity index is 2.39. The van der Waals surface area contributed by atoms with Crippen LogP contribution in [0.1, 0.15) is 24.5 Å². The van der Waals surface area contributed by atoms with Crippen molar-refractivity contribution in [1.82, 2.24) is 4.31 Å². The topological polar surface area (TPSA) is 37.4 Å². The zero-order chi connectivity index (χ0) is 14.2. The molecule has 1 aromatic rings. The van der Waals surface area contributed by atoms with E-state index in [1.54, 1.807) is 16.4 Å². The van der Waals surface area contributed by atoms with Crippen LogP contribution < -0.4 is 0 Å². The van der Waals surface area contributed by atoms with E-state index in [1.807, 2.05) is 19.9 Å². The maximum absolute atomic E-state index is 12.7. The molecule has 2 rings (SSSR count). The lowest BCUT2D eigenvalue weighted by Crippen LogP contribution is -2.38. The Labute approximate surface area is 124 Å². The molecule has 0 bridgehead atoms. The fraction of sp³-hybridized carbons (Fsp3) is 0.571. The van der Waals surface area contributed by atoms with Gasteiger partial charge in [-0.2, -0.15) is 4.31 Å². The molecule has 1 aromatic carbocycles. The quantitative estimate of drug-likeness (QED) is 0.789. The molecule has 0 aromatic heterocycles. The average Bonchev–Trinajstić information content (AvgIpc) is 2.74. The van der Waals surface area contributed by atoms with Crippen LogP contribution in [0, 0.1) is 19.8 Å². The van der Waals surface area contributed by atoms with Crippen molar-refractivity contribution in [2.45, 2.75) is 38.1 Å². The van der Waals surface area contributed by atoms with E-state index in [9.17, 15) is 8.42 Å². The summed E-state index contributed by atoms with van der Waals surface area (Å²) in [6, 6.07) is 5.43. The second-order valence-corrected chi connectivity index (χ2v) is 7.89. The van der Waals surface area contributed by atoms with Crippen LogP contribution in [0.3, 0.4) is 0 Å². The SMILES string of the molecule is Cc1ccc(S(=O)(=O)N2CCC(C)C2CBr)cc1C. The third-order valence-electron chi connectivity index (χ3n) is 4.07. The molecule has 0 amide bonds. The highest BCUT2D eigenvalue weighted by Crippen LogP contribution is 2.31. The molecule has 5 heteroatoms. The van der Waals surface area contributed by atoms with E-state index in [-0.39, 0.29) is 6.04 Å². The lowest BCUT2D eigenvalue weighted by Gasteiger charge is -2.24. The average molecular weight is 346 g/mol. The summed E-state index contributed by atoms with van der Waals surface area (Å²) >= 11 is 3.44. The molecule has 2 unspecified atom stereocenters. The van der Waals surface area contributed by atoms with Crippen LogP contribution in [0.5, 0.6) is 0 Å². The summed E-state index contributed by atoms with van der Waals surface area (Å²) in [6.07, 6.45) is 0.931. The Morgan fingerprint density at radius 1 is 1.32 bits per heavy atom. The first-order valence-electron chi connectivity index (χ1n) is 6.53. The van der Waals surface area contributed by atoms with Gasteiger partial charge in [-0.3, -0.25) is 0 Å². The number of rotatable bonds is 3. The van der Waals surface area contributed by atoms with Crippen LogP contribution in [-0.2, 0) is 10.0 Å². The van der Waals surface area contributed by atoms with Gasteiger partial charge in [-0.25, -0.2) is 8.42 Å². The maximum Gasteiger partial charge on any atom is 0.243 e. The molecule has 19 heavy (non-hydrogen) atoms. The molecule has 1 fully saturated rings. The van der Waals surface area contributed by atoms with Gasteiger partial charge in [-0.1, -0.05) is 28.9 Å². The second kappa shape index (κ2) is 5.54. The fourth-order valence-electron chi connectivity index (χ4n) is 2.51. The summed E-state index contributed by atoms with van der Waals surface area (Å²) in [5.41, 5.74) is 2.13. The predicted molar refractivity (Wildman–Crippen MR) is 81.2 cm³/mol. The number of benzene rings is 1. The monoisotopic (exact) mass is 345 g/mol. The molecule has 0 saturated carbocycles. The van der Waals surface area contributed by atoms with Crippen LogP contribution >= 0.6 is 15.9 Å². The number of halogens is 1. The van der Waals surface area contributed by atoms with E-state index in [2.05, 4.69) is 22.9 Å². The van der Waals surface area contributed by atoms with Crippen LogP contribution in [0.2, 0.25) is 0 Å². The third kappa shape index (κ3) is 2.73. The Hall–Kier alpha value is -0.390. The molecule has 1 saturated heterocycles. The maximum atomic E-state index is 12.7. The zero-order valence-electron chi connectivity index (χ0n) is 11.6. The van der Waals surface area contributed by atoms with Crippen molar-refractivity contribution in [1.29, 1.82) is 0 Å². The molecule has 0 N–H and O–H groups in total. The standard InChI is InChI=1S/C14H20BrNO2S/c1-10-4-5-13(8-12(10)3)19(17,18)16-7-6-11(2)14(16)9-15/h4-5,8,11,14H,6-7,9H2,1-3H3. The molecule has 0 radical (unpaired) electrons. The van der Waals surface area contributed by atoms with Crippen molar-refractivity contribution in [3.63, 3.8) is 0 Å². The minimum Gasteiger partial charge on any atom is -0.207 e. The van der Waals surface area contributed by atoms with Crippen LogP contribution in [0.15, 0.2) is 23.1 Å². The third-order valence-corrected chi connectivity index (χ3v) is 6.66. The summed E-state index contributed by atoms with van der Waals surface area (Å²) in [6.45, 7) is 6.67. The van der Waals surface area contributed by atoms with Gasteiger partial charge in [-0.05, 0) is 49.4 Å². The Morgan fingerprint density at radius 3 is 2.58 bits per heavy atom. The van der Waals surface area contributed by atoms with Crippen molar-refractivity contribution in [3.8, 4) is 0 Å². The van der Waals surface area contributed by atoms with Gasteiger partial charge < -0.3 is 0 Å². The lowest BCUT2D eigenvalue weighted by atomic mass is 10.1. The first kappa shape index (κ1) is 15.0. The van der Waals surface area contributed by atoms with Gasteiger partial charge in [-0.15, -0.1) is 0 Å². The van der Waals surface area contributed by atoms with Gasteiger partial charge in [0.2, 0.25) is 10.0 Å². The summed E-state index contributed by atoms with van der Waals surface area (Å²) in [5.74, 6) is 0.403. The Bertz CT molecular complexity index is 571. The molecule has 3 nitrogen and oxygen atoms in total.